The normalized spacial score (nSPS) is 29.5. The largest absolute Gasteiger partial charge is 0.325 e. The second-order valence-electron chi connectivity index (χ2n) is 5.74. The summed E-state index contributed by atoms with van der Waals surface area (Å²) in [6.07, 6.45) is 12.6. The minimum absolute atomic E-state index is 0.0848. The third kappa shape index (κ3) is 3.32. The number of aromatic nitrogens is 2. The van der Waals surface area contributed by atoms with Gasteiger partial charge in [0.05, 0.1) is 6.20 Å². The quantitative estimate of drug-likeness (QED) is 0.872. The topological polar surface area (TPSA) is 43.8 Å². The zero-order chi connectivity index (χ0) is 12.3. The fourth-order valence-electron chi connectivity index (χ4n) is 2.91. The van der Waals surface area contributed by atoms with Crippen molar-refractivity contribution in [3.05, 3.63) is 18.0 Å². The number of nitrogens with two attached hydrogens (primary N) is 1. The lowest BCUT2D eigenvalue weighted by Crippen LogP contribution is -2.43. The zero-order valence-electron chi connectivity index (χ0n) is 11.2. The van der Waals surface area contributed by atoms with E-state index in [1.807, 2.05) is 17.9 Å². The lowest BCUT2D eigenvalue weighted by molar-refractivity contribution is 0.218. The van der Waals surface area contributed by atoms with Crippen LogP contribution < -0.4 is 5.73 Å². The maximum Gasteiger partial charge on any atom is 0.0521 e. The molecule has 3 nitrogen and oxygen atoms in total. The van der Waals surface area contributed by atoms with E-state index < -0.39 is 0 Å². The average molecular weight is 235 g/mol. The Balaban J connectivity index is 1.82. The Morgan fingerprint density at radius 3 is 2.71 bits per heavy atom. The molecule has 1 aromatic heterocycles. The van der Waals surface area contributed by atoms with Crippen molar-refractivity contribution in [1.29, 1.82) is 0 Å². The van der Waals surface area contributed by atoms with Crippen molar-refractivity contribution in [2.45, 2.75) is 57.4 Å². The molecule has 0 radical (unpaired) electrons. The second-order valence-corrected chi connectivity index (χ2v) is 5.74. The Labute approximate surface area is 104 Å². The molecule has 0 unspecified atom stereocenters. The molecule has 17 heavy (non-hydrogen) atoms. The van der Waals surface area contributed by atoms with Crippen LogP contribution in [0.3, 0.4) is 0 Å². The summed E-state index contributed by atoms with van der Waals surface area (Å²) in [6, 6.07) is 0. The lowest BCUT2D eigenvalue weighted by Gasteiger charge is -2.37. The van der Waals surface area contributed by atoms with E-state index >= 15 is 0 Å². The Morgan fingerprint density at radius 2 is 2.18 bits per heavy atom. The highest BCUT2D eigenvalue weighted by molar-refractivity contribution is 5.05. The summed E-state index contributed by atoms with van der Waals surface area (Å²) < 4.78 is 1.87. The van der Waals surface area contributed by atoms with Crippen LogP contribution in [-0.2, 0) is 13.5 Å². The first kappa shape index (κ1) is 12.6. The minimum atomic E-state index is 0.0848. The molecule has 0 spiro atoms. The van der Waals surface area contributed by atoms with Gasteiger partial charge in [0.25, 0.3) is 0 Å². The molecule has 0 bridgehead atoms. The predicted octanol–water partition coefficient (Wildman–Crippen LogP) is 2.65. The fraction of sp³-hybridized carbons (Fsp3) is 0.786. The molecule has 0 aromatic carbocycles. The molecule has 3 heteroatoms. The maximum absolute atomic E-state index is 6.50. The molecule has 96 valence electrons. The lowest BCUT2D eigenvalue weighted by atomic mass is 9.74. The van der Waals surface area contributed by atoms with Crippen molar-refractivity contribution in [3.63, 3.8) is 0 Å². The summed E-state index contributed by atoms with van der Waals surface area (Å²) in [7, 11) is 1.97. The van der Waals surface area contributed by atoms with E-state index in [0.717, 1.165) is 18.8 Å². The SMILES string of the molecule is CCC1CCC(N)(CCc2cnn(C)c2)CC1. The number of rotatable bonds is 4. The van der Waals surface area contributed by atoms with Crippen LogP contribution in [0.5, 0.6) is 0 Å². The van der Waals surface area contributed by atoms with Crippen molar-refractivity contribution in [3.8, 4) is 0 Å². The van der Waals surface area contributed by atoms with Crippen molar-refractivity contribution in [2.75, 3.05) is 0 Å². The molecule has 2 N–H and O–H groups in total. The molecule has 1 aromatic rings. The molecule has 1 aliphatic rings. The standard InChI is InChI=1S/C14H25N3/c1-3-12-4-7-14(15,8-5-12)9-6-13-10-16-17(2)11-13/h10-12H,3-9,15H2,1-2H3. The van der Waals surface area contributed by atoms with E-state index in [2.05, 4.69) is 18.2 Å². The van der Waals surface area contributed by atoms with E-state index in [1.54, 1.807) is 0 Å². The zero-order valence-corrected chi connectivity index (χ0v) is 11.2. The van der Waals surface area contributed by atoms with Gasteiger partial charge in [-0.1, -0.05) is 13.3 Å². The van der Waals surface area contributed by atoms with Crippen LogP contribution in [0.1, 0.15) is 51.0 Å². The van der Waals surface area contributed by atoms with E-state index in [4.69, 9.17) is 5.73 Å². The van der Waals surface area contributed by atoms with Gasteiger partial charge in [0.1, 0.15) is 0 Å². The molecule has 2 rings (SSSR count). The van der Waals surface area contributed by atoms with Gasteiger partial charge in [-0.25, -0.2) is 0 Å². The summed E-state index contributed by atoms with van der Waals surface area (Å²) in [5, 5.41) is 4.20. The number of aryl methyl sites for hydroxylation is 2. The molecule has 1 heterocycles. The van der Waals surface area contributed by atoms with Gasteiger partial charge in [-0.3, -0.25) is 4.68 Å². The van der Waals surface area contributed by atoms with Crippen LogP contribution in [-0.4, -0.2) is 15.3 Å². The molecular formula is C14H25N3. The molecule has 0 aliphatic heterocycles. The molecule has 1 saturated carbocycles. The number of nitrogens with zero attached hydrogens (tertiary/aromatic N) is 2. The molecule has 1 aliphatic carbocycles. The van der Waals surface area contributed by atoms with Crippen molar-refractivity contribution < 1.29 is 0 Å². The van der Waals surface area contributed by atoms with E-state index in [-0.39, 0.29) is 5.54 Å². The van der Waals surface area contributed by atoms with E-state index in [1.165, 1.54) is 37.7 Å². The van der Waals surface area contributed by atoms with Crippen LogP contribution in [0.15, 0.2) is 12.4 Å². The molecular weight excluding hydrogens is 210 g/mol. The van der Waals surface area contributed by atoms with Gasteiger partial charge in [-0.2, -0.15) is 5.10 Å². The first-order valence-electron chi connectivity index (χ1n) is 6.88. The molecule has 0 atom stereocenters. The second kappa shape index (κ2) is 5.21. The third-order valence-corrected chi connectivity index (χ3v) is 4.35. The summed E-state index contributed by atoms with van der Waals surface area (Å²) in [5.74, 6) is 0.921. The monoisotopic (exact) mass is 235 g/mol. The van der Waals surface area contributed by atoms with Crippen molar-refractivity contribution >= 4 is 0 Å². The van der Waals surface area contributed by atoms with Gasteiger partial charge in [0.15, 0.2) is 0 Å². The highest BCUT2D eigenvalue weighted by Crippen LogP contribution is 2.34. The Morgan fingerprint density at radius 1 is 1.47 bits per heavy atom. The number of hydrogen-bond acceptors (Lipinski definition) is 2. The van der Waals surface area contributed by atoms with Gasteiger partial charge < -0.3 is 5.73 Å². The minimum Gasteiger partial charge on any atom is -0.325 e. The van der Waals surface area contributed by atoms with Gasteiger partial charge in [-0.05, 0) is 50.0 Å². The Hall–Kier alpha value is -0.830. The summed E-state index contributed by atoms with van der Waals surface area (Å²) in [4.78, 5) is 0. The van der Waals surface area contributed by atoms with Gasteiger partial charge in [0, 0.05) is 18.8 Å². The highest BCUT2D eigenvalue weighted by Gasteiger charge is 2.30. The molecule has 0 amide bonds. The first-order valence-corrected chi connectivity index (χ1v) is 6.88. The van der Waals surface area contributed by atoms with Crippen molar-refractivity contribution in [2.24, 2.45) is 18.7 Å². The van der Waals surface area contributed by atoms with Crippen LogP contribution in [0.4, 0.5) is 0 Å². The maximum atomic E-state index is 6.50. The van der Waals surface area contributed by atoms with E-state index in [0.29, 0.717) is 0 Å². The Bertz CT molecular complexity index is 348. The number of hydrogen-bond donors (Lipinski definition) is 1. The van der Waals surface area contributed by atoms with Gasteiger partial charge in [-0.15, -0.1) is 0 Å². The van der Waals surface area contributed by atoms with Crippen LogP contribution >= 0.6 is 0 Å². The molecule has 1 fully saturated rings. The summed E-state index contributed by atoms with van der Waals surface area (Å²) in [6.45, 7) is 2.30. The van der Waals surface area contributed by atoms with Crippen LogP contribution in [0.25, 0.3) is 0 Å². The first-order chi connectivity index (χ1) is 8.11. The van der Waals surface area contributed by atoms with E-state index in [9.17, 15) is 0 Å². The van der Waals surface area contributed by atoms with Gasteiger partial charge >= 0.3 is 0 Å². The summed E-state index contributed by atoms with van der Waals surface area (Å²) >= 11 is 0. The Kier molecular flexibility index (Phi) is 3.87. The summed E-state index contributed by atoms with van der Waals surface area (Å²) in [5.41, 5.74) is 7.90. The van der Waals surface area contributed by atoms with Crippen molar-refractivity contribution in [1.82, 2.24) is 9.78 Å². The molecule has 0 saturated heterocycles. The van der Waals surface area contributed by atoms with Gasteiger partial charge in [0.2, 0.25) is 0 Å². The van der Waals surface area contributed by atoms with Crippen LogP contribution in [0.2, 0.25) is 0 Å². The fourth-order valence-corrected chi connectivity index (χ4v) is 2.91. The third-order valence-electron chi connectivity index (χ3n) is 4.35. The van der Waals surface area contributed by atoms with Crippen LogP contribution in [0, 0.1) is 5.92 Å². The predicted molar refractivity (Wildman–Crippen MR) is 70.7 cm³/mol. The smallest absolute Gasteiger partial charge is 0.0521 e. The average Bonchev–Trinajstić information content (AvgIpc) is 2.74. The highest BCUT2D eigenvalue weighted by atomic mass is 15.2.